The van der Waals surface area contributed by atoms with Crippen molar-refractivity contribution >= 4 is 24.9 Å². The van der Waals surface area contributed by atoms with Gasteiger partial charge in [0, 0.05) is 0 Å². The third-order valence-corrected chi connectivity index (χ3v) is 3.14. The molecule has 0 spiro atoms. The minimum atomic E-state index is -0.108. The van der Waals surface area contributed by atoms with Gasteiger partial charge in [-0.3, -0.25) is 0 Å². The maximum atomic E-state index is 4.56. The first-order chi connectivity index (χ1) is 5.90. The van der Waals surface area contributed by atoms with Crippen molar-refractivity contribution in [3.63, 3.8) is 0 Å². The predicted molar refractivity (Wildman–Crippen MR) is 58.4 cm³/mol. The van der Waals surface area contributed by atoms with Gasteiger partial charge in [-0.05, 0) is 0 Å². The van der Waals surface area contributed by atoms with Crippen LogP contribution >= 0.6 is 8.58 Å². The van der Waals surface area contributed by atoms with Crippen LogP contribution in [0.25, 0.3) is 10.9 Å². The van der Waals surface area contributed by atoms with Crippen LogP contribution in [0, 0.1) is 0 Å². The van der Waals surface area contributed by atoms with E-state index in [2.05, 4.69) is 35.9 Å². The van der Waals surface area contributed by atoms with E-state index in [-0.39, 0.29) is 8.58 Å². The number of para-hydroxylation sites is 1. The number of pyridine rings is 1. The molecule has 2 rings (SSSR count). The van der Waals surface area contributed by atoms with Gasteiger partial charge in [0.2, 0.25) is 0 Å². The van der Waals surface area contributed by atoms with Gasteiger partial charge in [-0.1, -0.05) is 0 Å². The average molecular weight is 177 g/mol. The Kier molecular flexibility index (Phi) is 2.05. The molecule has 0 saturated heterocycles. The number of nitrogens with zero attached hydrogens (tertiary/aromatic N) is 1. The molecular formula is C10H12NP. The van der Waals surface area contributed by atoms with E-state index < -0.39 is 0 Å². The Morgan fingerprint density at radius 2 is 1.92 bits per heavy atom. The summed E-state index contributed by atoms with van der Waals surface area (Å²) in [5, 5.41) is 1.24. The van der Waals surface area contributed by atoms with E-state index >= 15 is 0 Å². The molecule has 1 aromatic heterocycles. The molecule has 2 heteroatoms. The summed E-state index contributed by atoms with van der Waals surface area (Å²) in [6, 6.07) is 12.6. The summed E-state index contributed by atoms with van der Waals surface area (Å²) < 4.78 is 0. The summed E-state index contributed by atoms with van der Waals surface area (Å²) in [7, 11) is -0.108. The normalized spacial score (nSPS) is 10.8. The fraction of sp³-hybridized carbons (Fsp3) is 0.100. The monoisotopic (exact) mass is 177 g/mol. The molecule has 0 atom stereocenters. The predicted octanol–water partition coefficient (Wildman–Crippen LogP) is 1.63. The van der Waals surface area contributed by atoms with E-state index in [0.717, 1.165) is 5.52 Å². The van der Waals surface area contributed by atoms with E-state index in [9.17, 15) is 0 Å². The van der Waals surface area contributed by atoms with Crippen LogP contribution in [0.2, 0.25) is 0 Å². The molecule has 0 fully saturated rings. The van der Waals surface area contributed by atoms with Crippen LogP contribution in [0.1, 0.15) is 0 Å². The molecule has 0 aliphatic heterocycles. The number of hydrogen-bond acceptors (Lipinski definition) is 1. The molecule has 0 unspecified atom stereocenters. The molecule has 0 bridgehead atoms. The summed E-state index contributed by atoms with van der Waals surface area (Å²) >= 11 is 0. The van der Waals surface area contributed by atoms with Crippen LogP contribution in [0.5, 0.6) is 0 Å². The van der Waals surface area contributed by atoms with Crippen molar-refractivity contribution in [2.75, 3.05) is 6.66 Å². The van der Waals surface area contributed by atoms with Gasteiger partial charge in [0.05, 0.1) is 0 Å². The summed E-state index contributed by atoms with van der Waals surface area (Å²) in [6.07, 6.45) is 0. The Labute approximate surface area is 73.6 Å². The number of hydrogen-bond donors (Lipinski definition) is 0. The minimum absolute atomic E-state index is 0.108. The van der Waals surface area contributed by atoms with Crippen molar-refractivity contribution in [2.24, 2.45) is 0 Å². The van der Waals surface area contributed by atoms with Crippen LogP contribution in [0.3, 0.4) is 0 Å². The summed E-state index contributed by atoms with van der Waals surface area (Å²) in [6.45, 7) is 2.26. The summed E-state index contributed by atoms with van der Waals surface area (Å²) in [5.74, 6) is 0. The van der Waals surface area contributed by atoms with Gasteiger partial charge in [0.1, 0.15) is 0 Å². The molecule has 62 valence electrons. The van der Waals surface area contributed by atoms with Gasteiger partial charge in [0.15, 0.2) is 0 Å². The van der Waals surface area contributed by atoms with Gasteiger partial charge in [0.25, 0.3) is 0 Å². The van der Waals surface area contributed by atoms with Crippen molar-refractivity contribution in [1.29, 1.82) is 0 Å². The first-order valence-electron chi connectivity index (χ1n) is 4.25. The molecule has 1 aromatic carbocycles. The van der Waals surface area contributed by atoms with Gasteiger partial charge < -0.3 is 0 Å². The maximum absolute atomic E-state index is 4.56. The summed E-state index contributed by atoms with van der Waals surface area (Å²) in [5.41, 5.74) is 2.43. The molecule has 2 aromatic rings. The van der Waals surface area contributed by atoms with Gasteiger partial charge in [-0.25, -0.2) is 0 Å². The van der Waals surface area contributed by atoms with E-state index in [0.29, 0.717) is 0 Å². The molecular weight excluding hydrogens is 165 g/mol. The van der Waals surface area contributed by atoms with Crippen molar-refractivity contribution in [2.45, 2.75) is 0 Å². The first-order valence-corrected chi connectivity index (χ1v) is 6.37. The topological polar surface area (TPSA) is 12.9 Å². The van der Waals surface area contributed by atoms with Crippen LogP contribution in [0.4, 0.5) is 0 Å². The standard InChI is InChI=1S/C10H12NP/c1-12-10-7-6-8-4-2-3-5-9(8)11-10/h2-7H,1,12H3. The Balaban J connectivity index is 2.67. The first kappa shape index (κ1) is 7.70. The van der Waals surface area contributed by atoms with Crippen molar-refractivity contribution in [1.82, 2.24) is 4.98 Å². The molecule has 0 amide bonds. The molecule has 0 saturated carbocycles. The molecule has 0 radical (unpaired) electrons. The summed E-state index contributed by atoms with van der Waals surface area (Å²) in [4.78, 5) is 4.56. The number of aromatic nitrogens is 1. The SMILES string of the molecule is C[PH3]c1ccc2ccccc2n1. The Bertz CT molecular complexity index is 398. The van der Waals surface area contributed by atoms with E-state index in [1.54, 1.807) is 0 Å². The van der Waals surface area contributed by atoms with Gasteiger partial charge in [-0.2, -0.15) is 0 Å². The second-order valence-corrected chi connectivity index (χ2v) is 4.28. The molecule has 0 aliphatic carbocycles. The number of benzene rings is 1. The number of fused-ring (bicyclic) bond motifs is 1. The molecule has 1 heterocycles. The third-order valence-electron chi connectivity index (χ3n) is 2.02. The third kappa shape index (κ3) is 1.33. The van der Waals surface area contributed by atoms with E-state index in [1.165, 1.54) is 10.8 Å². The van der Waals surface area contributed by atoms with Gasteiger partial charge >= 0.3 is 73.0 Å². The van der Waals surface area contributed by atoms with Crippen LogP contribution in [-0.2, 0) is 0 Å². The molecule has 0 N–H and O–H groups in total. The number of rotatable bonds is 1. The molecule has 0 aliphatic rings. The Morgan fingerprint density at radius 1 is 1.08 bits per heavy atom. The van der Waals surface area contributed by atoms with Gasteiger partial charge in [-0.15, -0.1) is 0 Å². The Morgan fingerprint density at radius 3 is 2.75 bits per heavy atom. The zero-order chi connectivity index (χ0) is 8.39. The van der Waals surface area contributed by atoms with Crippen LogP contribution in [0.15, 0.2) is 36.4 Å². The average Bonchev–Trinajstić information content (AvgIpc) is 2.17. The fourth-order valence-corrected chi connectivity index (χ4v) is 1.99. The molecule has 12 heavy (non-hydrogen) atoms. The zero-order valence-corrected chi connectivity index (χ0v) is 8.53. The van der Waals surface area contributed by atoms with Crippen molar-refractivity contribution in [3.8, 4) is 0 Å². The second kappa shape index (κ2) is 3.20. The molecule has 1 nitrogen and oxygen atoms in total. The van der Waals surface area contributed by atoms with Crippen molar-refractivity contribution in [3.05, 3.63) is 36.4 Å². The van der Waals surface area contributed by atoms with Crippen molar-refractivity contribution < 1.29 is 0 Å². The second-order valence-electron chi connectivity index (χ2n) is 2.85. The van der Waals surface area contributed by atoms with E-state index in [4.69, 9.17) is 0 Å². The fourth-order valence-electron chi connectivity index (χ4n) is 1.31. The van der Waals surface area contributed by atoms with Crippen LogP contribution < -0.4 is 5.44 Å². The Hall–Kier alpha value is -0.940. The quantitative estimate of drug-likeness (QED) is 0.603. The van der Waals surface area contributed by atoms with Crippen LogP contribution in [-0.4, -0.2) is 11.6 Å². The van der Waals surface area contributed by atoms with E-state index in [1.807, 2.05) is 12.1 Å². The zero-order valence-electron chi connectivity index (χ0n) is 7.12.